The second kappa shape index (κ2) is 8.08. The van der Waals surface area contributed by atoms with Crippen LogP contribution >= 0.6 is 12.2 Å². The van der Waals surface area contributed by atoms with Gasteiger partial charge in [0.1, 0.15) is 0 Å². The van der Waals surface area contributed by atoms with E-state index in [9.17, 15) is 4.79 Å². The summed E-state index contributed by atoms with van der Waals surface area (Å²) in [5.41, 5.74) is 9.05. The van der Waals surface area contributed by atoms with Gasteiger partial charge < -0.3 is 11.1 Å². The van der Waals surface area contributed by atoms with Crippen molar-refractivity contribution < 1.29 is 4.79 Å². The van der Waals surface area contributed by atoms with Crippen molar-refractivity contribution in [2.45, 2.75) is 13.1 Å². The molecule has 1 unspecified atom stereocenters. The van der Waals surface area contributed by atoms with E-state index in [1.807, 2.05) is 36.4 Å². The van der Waals surface area contributed by atoms with Crippen molar-refractivity contribution in [3.8, 4) is 0 Å². The molecule has 0 bridgehead atoms. The highest BCUT2D eigenvalue weighted by molar-refractivity contribution is 7.78. The van der Waals surface area contributed by atoms with Gasteiger partial charge in [-0.3, -0.25) is 10.2 Å². The van der Waals surface area contributed by atoms with Gasteiger partial charge in [0.15, 0.2) is 0 Å². The van der Waals surface area contributed by atoms with Gasteiger partial charge in [-0.1, -0.05) is 30.3 Å². The third-order valence-corrected chi connectivity index (χ3v) is 2.67. The molecule has 0 fully saturated rings. The smallest absolute Gasteiger partial charge is 0.267 e. The summed E-state index contributed by atoms with van der Waals surface area (Å²) in [6.07, 6.45) is -0.254. The summed E-state index contributed by atoms with van der Waals surface area (Å²) < 4.78 is 0. The first-order valence-corrected chi connectivity index (χ1v) is 6.54. The van der Waals surface area contributed by atoms with Crippen LogP contribution in [0.2, 0.25) is 0 Å². The number of amides is 1. The first kappa shape index (κ1) is 16.7. The van der Waals surface area contributed by atoms with Crippen molar-refractivity contribution in [2.24, 2.45) is 11.6 Å². The highest BCUT2D eigenvalue weighted by Crippen LogP contribution is 2.26. The maximum atomic E-state index is 11.9. The van der Waals surface area contributed by atoms with Crippen LogP contribution in [0.1, 0.15) is 17.3 Å². The normalized spacial score (nSPS) is 10.8. The molecule has 7 heteroatoms. The largest absolute Gasteiger partial charge is 0.370 e. The number of rotatable bonds is 3. The van der Waals surface area contributed by atoms with Gasteiger partial charge in [-0.05, 0) is 36.0 Å². The first-order valence-electron chi connectivity index (χ1n) is 6.13. The SMILES string of the molecule is CC(N)Nc1ccc2ccccc2c1C(=O)NN.N=C=S. The number of nitrogens with two attached hydrogens (primary N) is 2. The summed E-state index contributed by atoms with van der Waals surface area (Å²) in [5, 5.41) is 12.2. The maximum Gasteiger partial charge on any atom is 0.267 e. The molecule has 1 amide bonds. The molecule has 0 aliphatic rings. The van der Waals surface area contributed by atoms with E-state index in [-0.39, 0.29) is 12.1 Å². The van der Waals surface area contributed by atoms with Gasteiger partial charge in [-0.15, -0.1) is 0 Å². The number of anilines is 1. The van der Waals surface area contributed by atoms with Gasteiger partial charge in [0.2, 0.25) is 0 Å². The Morgan fingerprint density at radius 3 is 2.52 bits per heavy atom. The molecule has 21 heavy (non-hydrogen) atoms. The summed E-state index contributed by atoms with van der Waals surface area (Å²) in [6, 6.07) is 11.4. The molecule has 0 saturated heterocycles. The van der Waals surface area contributed by atoms with E-state index in [1.165, 1.54) is 0 Å². The van der Waals surface area contributed by atoms with Crippen LogP contribution in [0, 0.1) is 5.41 Å². The zero-order valence-electron chi connectivity index (χ0n) is 11.5. The Kier molecular flexibility index (Phi) is 6.45. The van der Waals surface area contributed by atoms with E-state index in [0.717, 1.165) is 10.8 Å². The van der Waals surface area contributed by atoms with E-state index in [2.05, 4.69) is 23.0 Å². The van der Waals surface area contributed by atoms with E-state index >= 15 is 0 Å². The molecule has 0 saturated carbocycles. The molecular weight excluding hydrogens is 286 g/mol. The summed E-state index contributed by atoms with van der Waals surface area (Å²) in [4.78, 5) is 11.9. The lowest BCUT2D eigenvalue weighted by Gasteiger charge is -2.16. The minimum absolute atomic E-state index is 0.254. The van der Waals surface area contributed by atoms with Crippen LogP contribution < -0.4 is 22.3 Å². The highest BCUT2D eigenvalue weighted by atomic mass is 32.1. The Balaban J connectivity index is 0.000000677. The van der Waals surface area contributed by atoms with E-state index in [4.69, 9.17) is 17.0 Å². The van der Waals surface area contributed by atoms with Crippen molar-refractivity contribution in [2.75, 3.05) is 5.32 Å². The lowest BCUT2D eigenvalue weighted by atomic mass is 10.0. The zero-order chi connectivity index (χ0) is 15.8. The van der Waals surface area contributed by atoms with Crippen LogP contribution in [0.25, 0.3) is 10.8 Å². The molecule has 1 atom stereocenters. The molecule has 0 heterocycles. The number of hydrazine groups is 1. The molecule has 110 valence electrons. The summed E-state index contributed by atoms with van der Waals surface area (Å²) in [7, 11) is 0. The fourth-order valence-electron chi connectivity index (χ4n) is 1.95. The fraction of sp³-hybridized carbons (Fsp3) is 0.143. The second-order valence-corrected chi connectivity index (χ2v) is 4.42. The van der Waals surface area contributed by atoms with Gasteiger partial charge in [-0.2, -0.15) is 0 Å². The fourth-order valence-corrected chi connectivity index (χ4v) is 1.95. The van der Waals surface area contributed by atoms with Gasteiger partial charge >= 0.3 is 0 Å². The van der Waals surface area contributed by atoms with E-state index in [1.54, 1.807) is 12.1 Å². The number of hydrogen-bond donors (Lipinski definition) is 5. The number of benzene rings is 2. The van der Waals surface area contributed by atoms with Crippen LogP contribution in [-0.4, -0.2) is 17.2 Å². The Morgan fingerprint density at radius 2 is 1.95 bits per heavy atom. The highest BCUT2D eigenvalue weighted by Gasteiger charge is 2.14. The number of nitrogen functional groups attached to an aromatic ring is 1. The van der Waals surface area contributed by atoms with Gasteiger partial charge in [0.25, 0.3) is 5.91 Å². The van der Waals surface area contributed by atoms with Crippen molar-refractivity contribution in [1.29, 1.82) is 5.41 Å². The molecule has 2 rings (SSSR count). The van der Waals surface area contributed by atoms with Gasteiger partial charge in [0.05, 0.1) is 16.9 Å². The van der Waals surface area contributed by atoms with Crippen molar-refractivity contribution in [3.05, 3.63) is 42.0 Å². The van der Waals surface area contributed by atoms with Crippen LogP contribution in [0.15, 0.2) is 36.4 Å². The van der Waals surface area contributed by atoms with E-state index in [0.29, 0.717) is 11.3 Å². The van der Waals surface area contributed by atoms with Crippen LogP contribution in [0.3, 0.4) is 0 Å². The molecular formula is C14H17N5OS. The predicted molar refractivity (Wildman–Crippen MR) is 88.2 cm³/mol. The minimum Gasteiger partial charge on any atom is -0.370 e. The first-order chi connectivity index (χ1) is 10.0. The molecule has 0 aliphatic carbocycles. The zero-order valence-corrected chi connectivity index (χ0v) is 12.3. The number of hydrogen-bond acceptors (Lipinski definition) is 6. The molecule has 2 aromatic carbocycles. The predicted octanol–water partition coefficient (Wildman–Crippen LogP) is 1.83. The van der Waals surface area contributed by atoms with Crippen molar-refractivity contribution >= 4 is 39.7 Å². The Bertz CT molecular complexity index is 665. The number of fused-ring (bicyclic) bond motifs is 1. The summed E-state index contributed by atoms with van der Waals surface area (Å²) in [5.74, 6) is 4.90. The van der Waals surface area contributed by atoms with Gasteiger partial charge in [0, 0.05) is 5.69 Å². The lowest BCUT2D eigenvalue weighted by molar-refractivity contribution is 0.0956. The standard InChI is InChI=1S/C13H16N4O.CHNS/c1-8(14)16-11-7-6-9-4-2-3-5-10(9)12(11)13(18)17-15;2-1-3/h2-8,16H,14-15H2,1H3,(H,17,18);2H. The number of thiocarbonyl (C=S) groups is 1. The Hall–Kier alpha value is -2.31. The average Bonchev–Trinajstić information content (AvgIpc) is 2.46. The molecule has 7 N–H and O–H groups in total. The summed E-state index contributed by atoms with van der Waals surface area (Å²) in [6.45, 7) is 1.80. The van der Waals surface area contributed by atoms with Crippen LogP contribution in [0.4, 0.5) is 5.69 Å². The van der Waals surface area contributed by atoms with Crippen molar-refractivity contribution in [1.82, 2.24) is 5.43 Å². The monoisotopic (exact) mass is 303 g/mol. The third kappa shape index (κ3) is 4.34. The minimum atomic E-state index is -0.338. The summed E-state index contributed by atoms with van der Waals surface area (Å²) >= 11 is 3.81. The molecule has 0 spiro atoms. The second-order valence-electron chi connectivity index (χ2n) is 4.22. The topological polar surface area (TPSA) is 117 Å². The maximum absolute atomic E-state index is 11.9. The quantitative estimate of drug-likeness (QED) is 0.148. The lowest BCUT2D eigenvalue weighted by Crippen LogP contribution is -2.32. The van der Waals surface area contributed by atoms with Crippen LogP contribution in [0.5, 0.6) is 0 Å². The molecule has 6 nitrogen and oxygen atoms in total. The Morgan fingerprint density at radius 1 is 1.33 bits per heavy atom. The van der Waals surface area contributed by atoms with Gasteiger partial charge in [-0.25, -0.2) is 11.3 Å². The van der Waals surface area contributed by atoms with Crippen molar-refractivity contribution in [3.63, 3.8) is 0 Å². The number of nitrogens with one attached hydrogen (secondary N) is 3. The number of carbonyl (C=O) groups excluding carboxylic acids is 1. The number of isothiocyanates is 1. The molecule has 0 radical (unpaired) electrons. The number of carbonyl (C=O) groups is 1. The average molecular weight is 303 g/mol. The molecule has 2 aromatic rings. The molecule has 0 aliphatic heterocycles. The Labute approximate surface area is 128 Å². The van der Waals surface area contributed by atoms with E-state index < -0.39 is 0 Å². The van der Waals surface area contributed by atoms with Crippen LogP contribution in [-0.2, 0) is 0 Å². The third-order valence-electron chi connectivity index (χ3n) is 2.67. The molecule has 0 aromatic heterocycles.